The van der Waals surface area contributed by atoms with Crippen LogP contribution in [0.25, 0.3) is 0 Å². The molecule has 1 rings (SSSR count). The molecule has 0 aromatic carbocycles. The van der Waals surface area contributed by atoms with E-state index < -0.39 is 0 Å². The minimum absolute atomic E-state index is 0.263. The summed E-state index contributed by atoms with van der Waals surface area (Å²) in [6, 6.07) is 4.72. The van der Waals surface area contributed by atoms with Gasteiger partial charge >= 0.3 is 0 Å². The summed E-state index contributed by atoms with van der Waals surface area (Å²) in [4.78, 5) is 6.58. The van der Waals surface area contributed by atoms with Gasteiger partial charge in [0.1, 0.15) is 0 Å². The molecule has 1 unspecified atom stereocenters. The fourth-order valence-corrected chi connectivity index (χ4v) is 2.32. The Balaban J connectivity index is 2.61. The van der Waals surface area contributed by atoms with Crippen molar-refractivity contribution in [1.29, 1.82) is 0 Å². The minimum atomic E-state index is 0.263. The highest BCUT2D eigenvalue weighted by Gasteiger charge is 2.27. The summed E-state index contributed by atoms with van der Waals surface area (Å²) in [5, 5.41) is 3.54. The van der Waals surface area contributed by atoms with Crippen LogP contribution in [-0.4, -0.2) is 35.6 Å². The first-order chi connectivity index (χ1) is 8.99. The summed E-state index contributed by atoms with van der Waals surface area (Å²) in [6.45, 7) is 15.6. The number of nitrogens with one attached hydrogen (secondary N) is 1. The third-order valence-corrected chi connectivity index (χ3v) is 3.92. The van der Waals surface area contributed by atoms with E-state index in [0.29, 0.717) is 6.04 Å². The van der Waals surface area contributed by atoms with Crippen LogP contribution in [0.2, 0.25) is 0 Å². The van der Waals surface area contributed by atoms with Crippen molar-refractivity contribution in [2.45, 2.75) is 47.2 Å². The molecule has 0 spiro atoms. The van der Waals surface area contributed by atoms with E-state index in [2.05, 4.69) is 62.0 Å². The molecule has 0 amide bonds. The van der Waals surface area contributed by atoms with E-state index in [9.17, 15) is 0 Å². The van der Waals surface area contributed by atoms with Crippen LogP contribution in [-0.2, 0) is 6.54 Å². The van der Waals surface area contributed by atoms with Gasteiger partial charge in [-0.3, -0.25) is 9.88 Å². The molecule has 1 aromatic heterocycles. The van der Waals surface area contributed by atoms with Crippen LogP contribution < -0.4 is 5.32 Å². The van der Waals surface area contributed by atoms with Gasteiger partial charge in [0.05, 0.1) is 0 Å². The standard InChI is InChI=1S/C16H29N3/c1-6-18-14(3)16(4,5)13-19(7-2)12-15-8-10-17-11-9-15/h8-11,14,18H,6-7,12-13H2,1-5H3. The van der Waals surface area contributed by atoms with Gasteiger partial charge in [-0.2, -0.15) is 0 Å². The van der Waals surface area contributed by atoms with Crippen LogP contribution in [0.3, 0.4) is 0 Å². The number of hydrogen-bond acceptors (Lipinski definition) is 3. The van der Waals surface area contributed by atoms with Crippen molar-refractivity contribution >= 4 is 0 Å². The van der Waals surface area contributed by atoms with E-state index in [0.717, 1.165) is 26.2 Å². The largest absolute Gasteiger partial charge is 0.314 e. The second-order valence-electron chi connectivity index (χ2n) is 5.93. The molecule has 108 valence electrons. The number of hydrogen-bond donors (Lipinski definition) is 1. The average molecular weight is 263 g/mol. The van der Waals surface area contributed by atoms with Gasteiger partial charge in [0, 0.05) is 31.5 Å². The quantitative estimate of drug-likeness (QED) is 0.781. The second kappa shape index (κ2) is 7.61. The molecule has 3 nitrogen and oxygen atoms in total. The maximum absolute atomic E-state index is 4.08. The third kappa shape index (κ3) is 5.29. The van der Waals surface area contributed by atoms with E-state index in [-0.39, 0.29) is 5.41 Å². The molecule has 0 bridgehead atoms. The number of rotatable bonds is 8. The smallest absolute Gasteiger partial charge is 0.0271 e. The summed E-state index contributed by atoms with van der Waals surface area (Å²) in [5.41, 5.74) is 1.60. The zero-order valence-corrected chi connectivity index (χ0v) is 13.1. The lowest BCUT2D eigenvalue weighted by molar-refractivity contribution is 0.143. The molecule has 0 saturated heterocycles. The molecule has 1 heterocycles. The average Bonchev–Trinajstić information content (AvgIpc) is 2.39. The topological polar surface area (TPSA) is 28.2 Å². The first-order valence-electron chi connectivity index (χ1n) is 7.34. The van der Waals surface area contributed by atoms with Crippen LogP contribution in [0.1, 0.15) is 40.2 Å². The van der Waals surface area contributed by atoms with Gasteiger partial charge in [0.2, 0.25) is 0 Å². The Hall–Kier alpha value is -0.930. The fourth-order valence-electron chi connectivity index (χ4n) is 2.32. The predicted molar refractivity (Wildman–Crippen MR) is 82.1 cm³/mol. The van der Waals surface area contributed by atoms with Crippen molar-refractivity contribution < 1.29 is 0 Å². The summed E-state index contributed by atoms with van der Waals surface area (Å²) in [7, 11) is 0. The highest BCUT2D eigenvalue weighted by Crippen LogP contribution is 2.23. The highest BCUT2D eigenvalue weighted by atomic mass is 15.1. The maximum Gasteiger partial charge on any atom is 0.0271 e. The van der Waals surface area contributed by atoms with Gasteiger partial charge in [0.25, 0.3) is 0 Å². The summed E-state index contributed by atoms with van der Waals surface area (Å²) in [5.74, 6) is 0. The van der Waals surface area contributed by atoms with Crippen molar-refractivity contribution in [1.82, 2.24) is 15.2 Å². The SMILES string of the molecule is CCNC(C)C(C)(C)CN(CC)Cc1ccncc1. The zero-order valence-electron chi connectivity index (χ0n) is 13.1. The lowest BCUT2D eigenvalue weighted by Crippen LogP contribution is -2.46. The first-order valence-corrected chi connectivity index (χ1v) is 7.34. The molecule has 3 heteroatoms. The van der Waals surface area contributed by atoms with Crippen molar-refractivity contribution in [2.75, 3.05) is 19.6 Å². The molecule has 0 saturated carbocycles. The molecular weight excluding hydrogens is 234 g/mol. The minimum Gasteiger partial charge on any atom is -0.314 e. The van der Waals surface area contributed by atoms with Gasteiger partial charge in [-0.05, 0) is 43.1 Å². The van der Waals surface area contributed by atoms with Gasteiger partial charge in [-0.25, -0.2) is 0 Å². The Morgan fingerprint density at radius 1 is 1.26 bits per heavy atom. The van der Waals surface area contributed by atoms with Crippen LogP contribution >= 0.6 is 0 Å². The van der Waals surface area contributed by atoms with Crippen molar-refractivity contribution in [3.05, 3.63) is 30.1 Å². The Morgan fingerprint density at radius 2 is 1.89 bits per heavy atom. The van der Waals surface area contributed by atoms with Gasteiger partial charge in [-0.15, -0.1) is 0 Å². The third-order valence-electron chi connectivity index (χ3n) is 3.92. The Labute approximate surface area is 118 Å². The molecule has 0 aliphatic heterocycles. The van der Waals surface area contributed by atoms with Crippen LogP contribution in [0.15, 0.2) is 24.5 Å². The predicted octanol–water partition coefficient (Wildman–Crippen LogP) is 2.93. The van der Waals surface area contributed by atoms with E-state index in [1.165, 1.54) is 5.56 Å². The van der Waals surface area contributed by atoms with Crippen molar-refractivity contribution in [3.63, 3.8) is 0 Å². The van der Waals surface area contributed by atoms with Crippen LogP contribution in [0.4, 0.5) is 0 Å². The van der Waals surface area contributed by atoms with Gasteiger partial charge in [0.15, 0.2) is 0 Å². The van der Waals surface area contributed by atoms with E-state index in [1.54, 1.807) is 0 Å². The van der Waals surface area contributed by atoms with E-state index in [1.807, 2.05) is 12.4 Å². The Morgan fingerprint density at radius 3 is 2.42 bits per heavy atom. The molecule has 0 aliphatic carbocycles. The number of aromatic nitrogens is 1. The molecule has 1 aromatic rings. The Kier molecular flexibility index (Phi) is 6.46. The van der Waals surface area contributed by atoms with Crippen molar-refractivity contribution in [3.8, 4) is 0 Å². The monoisotopic (exact) mass is 263 g/mol. The molecular formula is C16H29N3. The Bertz CT molecular complexity index is 348. The lowest BCUT2D eigenvalue weighted by atomic mass is 9.84. The fraction of sp³-hybridized carbons (Fsp3) is 0.688. The molecule has 0 radical (unpaired) electrons. The van der Waals surface area contributed by atoms with Crippen LogP contribution in [0.5, 0.6) is 0 Å². The van der Waals surface area contributed by atoms with E-state index >= 15 is 0 Å². The number of pyridine rings is 1. The van der Waals surface area contributed by atoms with Gasteiger partial charge < -0.3 is 5.32 Å². The van der Waals surface area contributed by atoms with Crippen LogP contribution in [0, 0.1) is 5.41 Å². The molecule has 19 heavy (non-hydrogen) atoms. The van der Waals surface area contributed by atoms with Gasteiger partial charge in [-0.1, -0.05) is 27.7 Å². The van der Waals surface area contributed by atoms with E-state index in [4.69, 9.17) is 0 Å². The molecule has 0 aliphatic rings. The second-order valence-corrected chi connectivity index (χ2v) is 5.93. The normalized spacial score (nSPS) is 13.8. The molecule has 0 fully saturated rings. The summed E-state index contributed by atoms with van der Waals surface area (Å²) >= 11 is 0. The zero-order chi connectivity index (χ0) is 14.3. The highest BCUT2D eigenvalue weighted by molar-refractivity contribution is 5.09. The first kappa shape index (κ1) is 16.1. The maximum atomic E-state index is 4.08. The lowest BCUT2D eigenvalue weighted by Gasteiger charge is -2.37. The summed E-state index contributed by atoms with van der Waals surface area (Å²) < 4.78 is 0. The summed E-state index contributed by atoms with van der Waals surface area (Å²) in [6.07, 6.45) is 3.74. The number of nitrogens with zero attached hydrogens (tertiary/aromatic N) is 2. The molecule has 1 N–H and O–H groups in total. The van der Waals surface area contributed by atoms with Crippen molar-refractivity contribution in [2.24, 2.45) is 5.41 Å². The molecule has 1 atom stereocenters.